The lowest BCUT2D eigenvalue weighted by molar-refractivity contribution is 0.0932. The zero-order valence-electron chi connectivity index (χ0n) is 14.0. The Balaban J connectivity index is 1.70. The minimum Gasteiger partial charge on any atom is -0.341 e. The van der Waals surface area contributed by atoms with Crippen LogP contribution in [-0.2, 0) is 6.42 Å². The van der Waals surface area contributed by atoms with Gasteiger partial charge in [0.25, 0.3) is 5.91 Å². The normalized spacial score (nSPS) is 12.0. The Morgan fingerprint density at radius 1 is 1.16 bits per heavy atom. The Bertz CT molecular complexity index is 857. The fraction of sp³-hybridized carbons (Fsp3) is 0.211. The minimum atomic E-state index is -0.464. The van der Waals surface area contributed by atoms with Crippen LogP contribution in [0.2, 0.25) is 0 Å². The number of carbonyl (C=O) groups excluding carboxylic acids is 1. The highest BCUT2D eigenvalue weighted by Crippen LogP contribution is 2.19. The molecule has 1 unspecified atom stereocenters. The van der Waals surface area contributed by atoms with Gasteiger partial charge in [-0.2, -0.15) is 4.98 Å². The molecule has 0 spiro atoms. The van der Waals surface area contributed by atoms with E-state index >= 15 is 0 Å². The predicted octanol–water partition coefficient (Wildman–Crippen LogP) is 3.93. The van der Waals surface area contributed by atoms with Crippen molar-refractivity contribution < 1.29 is 13.7 Å². The monoisotopic (exact) mass is 339 g/mol. The van der Waals surface area contributed by atoms with Crippen LogP contribution in [0, 0.1) is 5.82 Å². The maximum Gasteiger partial charge on any atom is 0.251 e. The van der Waals surface area contributed by atoms with Crippen molar-refractivity contribution in [3.8, 4) is 11.4 Å². The van der Waals surface area contributed by atoms with Crippen LogP contribution in [0.4, 0.5) is 4.39 Å². The van der Waals surface area contributed by atoms with Gasteiger partial charge in [0.1, 0.15) is 11.9 Å². The topological polar surface area (TPSA) is 68.0 Å². The van der Waals surface area contributed by atoms with Crippen molar-refractivity contribution >= 4 is 5.91 Å². The molecule has 6 heteroatoms. The Hall–Kier alpha value is -3.02. The van der Waals surface area contributed by atoms with E-state index in [0.717, 1.165) is 12.0 Å². The van der Waals surface area contributed by atoms with Crippen molar-refractivity contribution in [3.05, 3.63) is 71.4 Å². The summed E-state index contributed by atoms with van der Waals surface area (Å²) in [6.07, 6.45) is 0.963. The summed E-state index contributed by atoms with van der Waals surface area (Å²) >= 11 is 0. The molecule has 0 saturated heterocycles. The number of hydrogen-bond donors (Lipinski definition) is 1. The standard InChI is InChI=1S/C19H18FN3O2/c1-3-13-4-6-14(7-5-13)17-22-19(25-23-17)12(2)21-18(24)15-8-10-16(20)11-9-15/h4-12H,3H2,1-2H3,(H,21,24). The largest absolute Gasteiger partial charge is 0.341 e. The van der Waals surface area contributed by atoms with E-state index < -0.39 is 6.04 Å². The van der Waals surface area contributed by atoms with Crippen LogP contribution >= 0.6 is 0 Å². The summed E-state index contributed by atoms with van der Waals surface area (Å²) in [5.41, 5.74) is 2.44. The van der Waals surface area contributed by atoms with Crippen molar-refractivity contribution in [2.75, 3.05) is 0 Å². The molecular formula is C19H18FN3O2. The number of halogens is 1. The van der Waals surface area contributed by atoms with Crippen LogP contribution in [0.15, 0.2) is 53.1 Å². The number of aryl methyl sites for hydroxylation is 1. The lowest BCUT2D eigenvalue weighted by Gasteiger charge is -2.09. The Kier molecular flexibility index (Phi) is 4.88. The van der Waals surface area contributed by atoms with Gasteiger partial charge in [-0.15, -0.1) is 0 Å². The molecule has 1 atom stereocenters. The van der Waals surface area contributed by atoms with E-state index in [1.807, 2.05) is 24.3 Å². The van der Waals surface area contributed by atoms with Crippen molar-refractivity contribution in [2.45, 2.75) is 26.3 Å². The number of aromatic nitrogens is 2. The SMILES string of the molecule is CCc1ccc(-c2noc(C(C)NC(=O)c3ccc(F)cc3)n2)cc1. The molecule has 25 heavy (non-hydrogen) atoms. The first kappa shape index (κ1) is 16.8. The first-order valence-electron chi connectivity index (χ1n) is 8.06. The van der Waals surface area contributed by atoms with E-state index in [-0.39, 0.29) is 11.7 Å². The van der Waals surface area contributed by atoms with E-state index in [4.69, 9.17) is 4.52 Å². The third-order valence-corrected chi connectivity index (χ3v) is 3.89. The molecule has 3 aromatic rings. The average Bonchev–Trinajstić information content (AvgIpc) is 3.12. The highest BCUT2D eigenvalue weighted by atomic mass is 19.1. The van der Waals surface area contributed by atoms with Gasteiger partial charge in [0.15, 0.2) is 0 Å². The second-order valence-electron chi connectivity index (χ2n) is 5.71. The van der Waals surface area contributed by atoms with Crippen LogP contribution in [0.3, 0.4) is 0 Å². The summed E-state index contributed by atoms with van der Waals surface area (Å²) in [5.74, 6) is 0.0605. The van der Waals surface area contributed by atoms with Gasteiger partial charge in [-0.1, -0.05) is 36.3 Å². The highest BCUT2D eigenvalue weighted by Gasteiger charge is 2.18. The zero-order chi connectivity index (χ0) is 17.8. The van der Waals surface area contributed by atoms with Gasteiger partial charge in [-0.05, 0) is 43.2 Å². The van der Waals surface area contributed by atoms with E-state index in [9.17, 15) is 9.18 Å². The van der Waals surface area contributed by atoms with Gasteiger partial charge in [0.05, 0.1) is 0 Å². The second-order valence-corrected chi connectivity index (χ2v) is 5.71. The number of nitrogens with one attached hydrogen (secondary N) is 1. The number of nitrogens with zero attached hydrogens (tertiary/aromatic N) is 2. The average molecular weight is 339 g/mol. The summed E-state index contributed by atoms with van der Waals surface area (Å²) < 4.78 is 18.2. The van der Waals surface area contributed by atoms with Crippen LogP contribution in [0.25, 0.3) is 11.4 Å². The summed E-state index contributed by atoms with van der Waals surface area (Å²) in [6, 6.07) is 12.8. The molecular weight excluding hydrogens is 321 g/mol. The molecule has 0 aliphatic carbocycles. The van der Waals surface area contributed by atoms with Gasteiger partial charge in [-0.25, -0.2) is 4.39 Å². The first-order valence-corrected chi connectivity index (χ1v) is 8.06. The van der Waals surface area contributed by atoms with Gasteiger partial charge in [0.2, 0.25) is 11.7 Å². The number of benzene rings is 2. The second kappa shape index (κ2) is 7.25. The maximum atomic E-state index is 12.9. The number of hydrogen-bond acceptors (Lipinski definition) is 4. The van der Waals surface area contributed by atoms with Gasteiger partial charge >= 0.3 is 0 Å². The Morgan fingerprint density at radius 2 is 1.84 bits per heavy atom. The molecule has 0 bridgehead atoms. The molecule has 1 heterocycles. The number of amides is 1. The fourth-order valence-corrected chi connectivity index (χ4v) is 2.36. The Labute approximate surface area is 144 Å². The Morgan fingerprint density at radius 3 is 2.48 bits per heavy atom. The molecule has 0 saturated carbocycles. The van der Waals surface area contributed by atoms with Gasteiger partial charge < -0.3 is 9.84 Å². The zero-order valence-corrected chi connectivity index (χ0v) is 14.0. The van der Waals surface area contributed by atoms with Gasteiger partial charge in [0, 0.05) is 11.1 Å². The lowest BCUT2D eigenvalue weighted by Crippen LogP contribution is -2.26. The predicted molar refractivity (Wildman–Crippen MR) is 91.4 cm³/mol. The maximum absolute atomic E-state index is 12.9. The minimum absolute atomic E-state index is 0.310. The van der Waals surface area contributed by atoms with Crippen LogP contribution < -0.4 is 5.32 Å². The molecule has 1 N–H and O–H groups in total. The molecule has 3 rings (SSSR count). The lowest BCUT2D eigenvalue weighted by atomic mass is 10.1. The third-order valence-electron chi connectivity index (χ3n) is 3.89. The quantitative estimate of drug-likeness (QED) is 0.765. The summed E-state index contributed by atoms with van der Waals surface area (Å²) in [4.78, 5) is 16.5. The fourth-order valence-electron chi connectivity index (χ4n) is 2.36. The van der Waals surface area contributed by atoms with Crippen LogP contribution in [-0.4, -0.2) is 16.0 Å². The van der Waals surface area contributed by atoms with Crippen molar-refractivity contribution in [1.82, 2.24) is 15.5 Å². The van der Waals surface area contributed by atoms with Crippen molar-refractivity contribution in [1.29, 1.82) is 0 Å². The number of rotatable bonds is 5. The van der Waals surface area contributed by atoms with Gasteiger partial charge in [-0.3, -0.25) is 4.79 Å². The van der Waals surface area contributed by atoms with Crippen LogP contribution in [0.1, 0.15) is 41.7 Å². The molecule has 0 fully saturated rings. The molecule has 5 nitrogen and oxygen atoms in total. The summed E-state index contributed by atoms with van der Waals surface area (Å²) in [7, 11) is 0. The molecule has 0 aliphatic rings. The molecule has 1 amide bonds. The summed E-state index contributed by atoms with van der Waals surface area (Å²) in [6.45, 7) is 3.84. The first-order chi connectivity index (χ1) is 12.1. The van der Waals surface area contributed by atoms with Crippen molar-refractivity contribution in [2.24, 2.45) is 0 Å². The van der Waals surface area contributed by atoms with E-state index in [1.165, 1.54) is 29.8 Å². The molecule has 2 aromatic carbocycles. The highest BCUT2D eigenvalue weighted by molar-refractivity contribution is 5.94. The third kappa shape index (κ3) is 3.91. The van der Waals surface area contributed by atoms with E-state index in [0.29, 0.717) is 17.3 Å². The summed E-state index contributed by atoms with van der Waals surface area (Å²) in [5, 5.41) is 6.72. The van der Waals surface area contributed by atoms with Crippen molar-refractivity contribution in [3.63, 3.8) is 0 Å². The van der Waals surface area contributed by atoms with E-state index in [2.05, 4.69) is 22.4 Å². The molecule has 128 valence electrons. The van der Waals surface area contributed by atoms with E-state index in [1.54, 1.807) is 6.92 Å². The van der Waals surface area contributed by atoms with Crippen LogP contribution in [0.5, 0.6) is 0 Å². The number of carbonyl (C=O) groups is 1. The smallest absolute Gasteiger partial charge is 0.251 e. The molecule has 0 aliphatic heterocycles. The molecule has 0 radical (unpaired) electrons. The molecule has 1 aromatic heterocycles.